The number of rotatable bonds is 5. The van der Waals surface area contributed by atoms with Crippen molar-refractivity contribution in [2.45, 2.75) is 19.6 Å². The number of amides is 1. The van der Waals surface area contributed by atoms with Crippen LogP contribution in [0.4, 0.5) is 24.7 Å². The lowest BCUT2D eigenvalue weighted by Crippen LogP contribution is -2.19. The zero-order valence-electron chi connectivity index (χ0n) is 14.2. The number of para-hydroxylation sites is 1. The summed E-state index contributed by atoms with van der Waals surface area (Å²) in [6.07, 6.45) is -3.33. The smallest absolute Gasteiger partial charge is 0.361 e. The zero-order valence-corrected chi connectivity index (χ0v) is 14.2. The minimum Gasteiger partial charge on any atom is -0.361 e. The van der Waals surface area contributed by atoms with Crippen molar-refractivity contribution >= 4 is 17.4 Å². The lowest BCUT2D eigenvalue weighted by atomic mass is 10.1. The molecule has 9 nitrogen and oxygen atoms in total. The van der Waals surface area contributed by atoms with E-state index in [4.69, 9.17) is 4.52 Å². The molecule has 0 aliphatic heterocycles. The van der Waals surface area contributed by atoms with Crippen LogP contribution in [-0.2, 0) is 12.7 Å². The van der Waals surface area contributed by atoms with E-state index in [1.807, 2.05) is 0 Å². The molecule has 0 aliphatic carbocycles. The van der Waals surface area contributed by atoms with Crippen molar-refractivity contribution in [2.75, 3.05) is 5.32 Å². The summed E-state index contributed by atoms with van der Waals surface area (Å²) < 4.78 is 45.4. The Morgan fingerprint density at radius 3 is 2.68 bits per heavy atom. The number of hydrogen-bond donors (Lipinski definition) is 1. The van der Waals surface area contributed by atoms with Gasteiger partial charge in [0, 0.05) is 0 Å². The number of hydrogen-bond acceptors (Lipinski definition) is 6. The molecule has 2 aromatic heterocycles. The largest absolute Gasteiger partial charge is 0.418 e. The SMILES string of the molecule is Cc1onc(C(=O)Nc2ccccc2C(F)(F)F)c1Cn1ccc([N+](=O)[O-])n1. The summed E-state index contributed by atoms with van der Waals surface area (Å²) in [4.78, 5) is 22.5. The predicted octanol–water partition coefficient (Wildman–Crippen LogP) is 3.41. The number of nitrogens with one attached hydrogen (secondary N) is 1. The Kier molecular flexibility index (Phi) is 4.86. The highest BCUT2D eigenvalue weighted by atomic mass is 19.4. The van der Waals surface area contributed by atoms with Gasteiger partial charge < -0.3 is 20.0 Å². The van der Waals surface area contributed by atoms with Crippen LogP contribution in [0.3, 0.4) is 0 Å². The average Bonchev–Trinajstić information content (AvgIpc) is 3.22. The van der Waals surface area contributed by atoms with Crippen LogP contribution in [0.15, 0.2) is 41.1 Å². The van der Waals surface area contributed by atoms with Gasteiger partial charge >= 0.3 is 12.0 Å². The minimum atomic E-state index is -4.65. The summed E-state index contributed by atoms with van der Waals surface area (Å²) >= 11 is 0. The van der Waals surface area contributed by atoms with Crippen LogP contribution < -0.4 is 5.32 Å². The molecule has 3 aromatic rings. The van der Waals surface area contributed by atoms with E-state index in [1.54, 1.807) is 0 Å². The molecular weight excluding hydrogens is 383 g/mol. The molecule has 0 bridgehead atoms. The normalized spacial score (nSPS) is 11.4. The fourth-order valence-electron chi connectivity index (χ4n) is 2.47. The number of halogens is 3. The molecule has 1 N–H and O–H groups in total. The van der Waals surface area contributed by atoms with E-state index in [0.29, 0.717) is 0 Å². The van der Waals surface area contributed by atoms with Gasteiger partial charge in [-0.25, -0.2) is 0 Å². The van der Waals surface area contributed by atoms with Crippen LogP contribution in [0.5, 0.6) is 0 Å². The van der Waals surface area contributed by atoms with Crippen molar-refractivity contribution < 1.29 is 27.4 Å². The maximum atomic E-state index is 13.1. The highest BCUT2D eigenvalue weighted by molar-refractivity contribution is 6.04. The molecule has 0 aliphatic rings. The maximum absolute atomic E-state index is 13.1. The maximum Gasteiger partial charge on any atom is 0.418 e. The molecule has 3 rings (SSSR count). The van der Waals surface area contributed by atoms with Crippen molar-refractivity contribution in [3.63, 3.8) is 0 Å². The van der Waals surface area contributed by atoms with Crippen LogP contribution >= 0.6 is 0 Å². The fourth-order valence-corrected chi connectivity index (χ4v) is 2.47. The molecule has 1 aromatic carbocycles. The summed E-state index contributed by atoms with van der Waals surface area (Å²) in [5.41, 5.74) is -1.44. The van der Waals surface area contributed by atoms with Gasteiger partial charge in [-0.15, -0.1) is 0 Å². The molecule has 0 radical (unpaired) electrons. The van der Waals surface area contributed by atoms with E-state index in [2.05, 4.69) is 15.6 Å². The topological polar surface area (TPSA) is 116 Å². The lowest BCUT2D eigenvalue weighted by molar-refractivity contribution is -0.389. The van der Waals surface area contributed by atoms with Gasteiger partial charge in [0.25, 0.3) is 5.91 Å². The number of anilines is 1. The highest BCUT2D eigenvalue weighted by Gasteiger charge is 2.34. The third-order valence-corrected chi connectivity index (χ3v) is 3.81. The first-order valence-electron chi connectivity index (χ1n) is 7.77. The average molecular weight is 395 g/mol. The van der Waals surface area contributed by atoms with Gasteiger partial charge in [-0.05, 0) is 24.0 Å². The Bertz CT molecular complexity index is 1040. The van der Waals surface area contributed by atoms with Crippen molar-refractivity contribution in [3.05, 3.63) is 69.2 Å². The second-order valence-corrected chi connectivity index (χ2v) is 5.69. The minimum absolute atomic E-state index is 0.0904. The Labute approximate surface area is 154 Å². The number of aromatic nitrogens is 3. The van der Waals surface area contributed by atoms with Gasteiger partial charge in [0.1, 0.15) is 5.76 Å². The monoisotopic (exact) mass is 395 g/mol. The first-order chi connectivity index (χ1) is 13.2. The summed E-state index contributed by atoms with van der Waals surface area (Å²) in [5, 5.41) is 20.2. The molecule has 0 atom stereocenters. The molecule has 0 unspecified atom stereocenters. The molecular formula is C16H12F3N5O4. The number of carbonyl (C=O) groups excluding carboxylic acids is 1. The molecule has 0 saturated heterocycles. The van der Waals surface area contributed by atoms with Crippen LogP contribution in [0.1, 0.15) is 27.4 Å². The van der Waals surface area contributed by atoms with E-state index in [0.717, 1.165) is 12.1 Å². The molecule has 146 valence electrons. The van der Waals surface area contributed by atoms with E-state index >= 15 is 0 Å². The third kappa shape index (κ3) is 3.84. The van der Waals surface area contributed by atoms with Crippen LogP contribution in [0.2, 0.25) is 0 Å². The van der Waals surface area contributed by atoms with E-state index in [-0.39, 0.29) is 29.4 Å². The highest BCUT2D eigenvalue weighted by Crippen LogP contribution is 2.34. The Hall–Kier alpha value is -3.70. The van der Waals surface area contributed by atoms with Crippen LogP contribution in [-0.4, -0.2) is 25.8 Å². The first-order valence-corrected chi connectivity index (χ1v) is 7.77. The predicted molar refractivity (Wildman–Crippen MR) is 88.6 cm³/mol. The Balaban J connectivity index is 1.87. The van der Waals surface area contributed by atoms with Gasteiger partial charge in [0.15, 0.2) is 5.69 Å². The quantitative estimate of drug-likeness (QED) is 0.523. The third-order valence-electron chi connectivity index (χ3n) is 3.81. The molecule has 0 saturated carbocycles. The zero-order chi connectivity index (χ0) is 20.5. The Morgan fingerprint density at radius 2 is 2.04 bits per heavy atom. The molecule has 1 amide bonds. The van der Waals surface area contributed by atoms with Crippen molar-refractivity contribution in [2.24, 2.45) is 0 Å². The molecule has 2 heterocycles. The summed E-state index contributed by atoms with van der Waals surface area (Å²) in [5.74, 6) is -1.07. The van der Waals surface area contributed by atoms with Gasteiger partial charge in [0.05, 0.1) is 40.7 Å². The second-order valence-electron chi connectivity index (χ2n) is 5.69. The number of alkyl halides is 3. The van der Waals surface area contributed by atoms with Gasteiger partial charge in [-0.1, -0.05) is 17.3 Å². The second kappa shape index (κ2) is 7.13. The van der Waals surface area contributed by atoms with Crippen LogP contribution in [0, 0.1) is 17.0 Å². The standard InChI is InChI=1S/C16H12F3N5O4/c1-9-10(8-23-7-6-13(21-23)24(26)27)14(22-28-9)15(25)20-12-5-3-2-4-11(12)16(17,18)19/h2-7H,8H2,1H3,(H,20,25). The van der Waals surface area contributed by atoms with Gasteiger partial charge in [0.2, 0.25) is 0 Å². The van der Waals surface area contributed by atoms with E-state index in [1.165, 1.54) is 36.0 Å². The number of benzene rings is 1. The Morgan fingerprint density at radius 1 is 1.32 bits per heavy atom. The molecule has 0 spiro atoms. The van der Waals surface area contributed by atoms with Crippen LogP contribution in [0.25, 0.3) is 0 Å². The molecule has 28 heavy (non-hydrogen) atoms. The lowest BCUT2D eigenvalue weighted by Gasteiger charge is -2.13. The summed E-state index contributed by atoms with van der Waals surface area (Å²) in [6.45, 7) is 1.41. The summed E-state index contributed by atoms with van der Waals surface area (Å²) in [6, 6.07) is 5.68. The molecule has 0 fully saturated rings. The van der Waals surface area contributed by atoms with E-state index in [9.17, 15) is 28.1 Å². The van der Waals surface area contributed by atoms with Crippen molar-refractivity contribution in [3.8, 4) is 0 Å². The fraction of sp³-hybridized carbons (Fsp3) is 0.188. The van der Waals surface area contributed by atoms with Gasteiger partial charge in [-0.3, -0.25) is 4.79 Å². The number of nitrogens with zero attached hydrogens (tertiary/aromatic N) is 4. The van der Waals surface area contributed by atoms with Crippen molar-refractivity contribution in [1.29, 1.82) is 0 Å². The number of carbonyl (C=O) groups is 1. The summed E-state index contributed by atoms with van der Waals surface area (Å²) in [7, 11) is 0. The van der Waals surface area contributed by atoms with Crippen molar-refractivity contribution in [1.82, 2.24) is 14.9 Å². The van der Waals surface area contributed by atoms with E-state index < -0.39 is 28.3 Å². The number of aryl methyl sites for hydroxylation is 1. The number of nitro groups is 1. The first kappa shape index (κ1) is 19.1. The molecule has 12 heteroatoms. The van der Waals surface area contributed by atoms with Gasteiger partial charge in [-0.2, -0.15) is 17.9 Å².